The summed E-state index contributed by atoms with van der Waals surface area (Å²) in [6.07, 6.45) is 2.65. The lowest BCUT2D eigenvalue weighted by Gasteiger charge is -2.23. The largest absolute Gasteiger partial charge is 0.384 e. The zero-order valence-corrected chi connectivity index (χ0v) is 14.4. The molecule has 0 spiro atoms. The Morgan fingerprint density at radius 2 is 2.00 bits per heavy atom. The van der Waals surface area contributed by atoms with Crippen LogP contribution in [-0.4, -0.2) is 55.0 Å². The average Bonchev–Trinajstić information content (AvgIpc) is 3.00. The van der Waals surface area contributed by atoms with Crippen LogP contribution in [0.25, 0.3) is 0 Å². The summed E-state index contributed by atoms with van der Waals surface area (Å²) in [6.45, 7) is 10.5. The lowest BCUT2D eigenvalue weighted by molar-refractivity contribution is 0.0754. The van der Waals surface area contributed by atoms with E-state index in [0.717, 1.165) is 29.9 Å². The predicted molar refractivity (Wildman–Crippen MR) is 92.6 cm³/mol. The predicted octanol–water partition coefficient (Wildman–Crippen LogP) is 2.98. The molecule has 0 unspecified atom stereocenters. The standard InChI is InChI=1S/C18H29N3O/c1-14(2)20(4)18(22)17-13-16(8-7-15(17)3)19-9-12-21-10-5-6-11-21/h7-8,13-14,19H,5-6,9-12H2,1-4H3. The number of aryl methyl sites for hydroxylation is 1. The van der Waals surface area contributed by atoms with Gasteiger partial charge in [-0.3, -0.25) is 4.79 Å². The van der Waals surface area contributed by atoms with E-state index in [4.69, 9.17) is 0 Å². The number of nitrogens with zero attached hydrogens (tertiary/aromatic N) is 2. The number of benzene rings is 1. The van der Waals surface area contributed by atoms with Gasteiger partial charge in [0, 0.05) is 37.4 Å². The Bertz CT molecular complexity index is 507. The molecule has 0 atom stereocenters. The zero-order chi connectivity index (χ0) is 16.1. The minimum atomic E-state index is 0.0932. The van der Waals surface area contributed by atoms with Gasteiger partial charge in [-0.2, -0.15) is 0 Å². The smallest absolute Gasteiger partial charge is 0.254 e. The maximum atomic E-state index is 12.5. The fourth-order valence-corrected chi connectivity index (χ4v) is 2.75. The van der Waals surface area contributed by atoms with Gasteiger partial charge < -0.3 is 15.1 Å². The molecule has 4 nitrogen and oxygen atoms in total. The van der Waals surface area contributed by atoms with Crippen LogP contribution < -0.4 is 5.32 Å². The van der Waals surface area contributed by atoms with Crippen molar-refractivity contribution in [2.45, 2.75) is 39.7 Å². The minimum Gasteiger partial charge on any atom is -0.384 e. The number of amides is 1. The molecule has 1 N–H and O–H groups in total. The van der Waals surface area contributed by atoms with Crippen LogP contribution in [0.4, 0.5) is 5.69 Å². The molecule has 22 heavy (non-hydrogen) atoms. The molecule has 1 aromatic carbocycles. The third kappa shape index (κ3) is 4.23. The van der Waals surface area contributed by atoms with Gasteiger partial charge in [0.25, 0.3) is 5.91 Å². The van der Waals surface area contributed by atoms with Gasteiger partial charge in [0.15, 0.2) is 0 Å². The van der Waals surface area contributed by atoms with E-state index in [0.29, 0.717) is 0 Å². The molecule has 1 aromatic rings. The summed E-state index contributed by atoms with van der Waals surface area (Å²) in [4.78, 5) is 16.8. The lowest BCUT2D eigenvalue weighted by Crippen LogP contribution is -2.33. The highest BCUT2D eigenvalue weighted by Crippen LogP contribution is 2.18. The van der Waals surface area contributed by atoms with Gasteiger partial charge >= 0.3 is 0 Å². The zero-order valence-electron chi connectivity index (χ0n) is 14.4. The number of carbonyl (C=O) groups is 1. The fourth-order valence-electron chi connectivity index (χ4n) is 2.75. The Balaban J connectivity index is 1.98. The van der Waals surface area contributed by atoms with Gasteiger partial charge in [-0.25, -0.2) is 0 Å². The van der Waals surface area contributed by atoms with E-state index >= 15 is 0 Å². The van der Waals surface area contributed by atoms with Gasteiger partial charge in [0.2, 0.25) is 0 Å². The Kier molecular flexibility index (Phi) is 5.83. The van der Waals surface area contributed by atoms with Crippen LogP contribution in [0, 0.1) is 6.92 Å². The molecular formula is C18H29N3O. The fraction of sp³-hybridized carbons (Fsp3) is 0.611. The molecule has 1 heterocycles. The molecule has 1 amide bonds. The van der Waals surface area contributed by atoms with Crippen LogP contribution in [0.15, 0.2) is 18.2 Å². The van der Waals surface area contributed by atoms with Crippen LogP contribution in [0.3, 0.4) is 0 Å². The molecule has 4 heteroatoms. The van der Waals surface area contributed by atoms with Crippen molar-refractivity contribution in [3.63, 3.8) is 0 Å². The van der Waals surface area contributed by atoms with Gasteiger partial charge in [-0.1, -0.05) is 6.07 Å². The minimum absolute atomic E-state index is 0.0932. The van der Waals surface area contributed by atoms with E-state index in [2.05, 4.69) is 16.3 Å². The molecule has 1 aliphatic rings. The van der Waals surface area contributed by atoms with Crippen LogP contribution in [0.1, 0.15) is 42.6 Å². The van der Waals surface area contributed by atoms with Crippen molar-refractivity contribution in [1.82, 2.24) is 9.80 Å². The number of carbonyl (C=O) groups excluding carboxylic acids is 1. The number of nitrogens with one attached hydrogen (secondary N) is 1. The molecule has 1 fully saturated rings. The normalized spacial score (nSPS) is 15.3. The first-order valence-electron chi connectivity index (χ1n) is 8.33. The molecule has 0 saturated carbocycles. The van der Waals surface area contributed by atoms with Crippen LogP contribution in [-0.2, 0) is 0 Å². The molecule has 0 radical (unpaired) electrons. The molecule has 0 aliphatic carbocycles. The first kappa shape index (κ1) is 16.8. The third-order valence-corrected chi connectivity index (χ3v) is 4.52. The second-order valence-corrected chi connectivity index (χ2v) is 6.52. The average molecular weight is 303 g/mol. The maximum Gasteiger partial charge on any atom is 0.254 e. The summed E-state index contributed by atoms with van der Waals surface area (Å²) in [7, 11) is 1.86. The van der Waals surface area contributed by atoms with Crippen molar-refractivity contribution in [1.29, 1.82) is 0 Å². The highest BCUT2D eigenvalue weighted by atomic mass is 16.2. The number of rotatable bonds is 6. The van der Waals surface area contributed by atoms with Gasteiger partial charge in [0.05, 0.1) is 0 Å². The van der Waals surface area contributed by atoms with Gasteiger partial charge in [-0.15, -0.1) is 0 Å². The van der Waals surface area contributed by atoms with Crippen molar-refractivity contribution in [3.05, 3.63) is 29.3 Å². The summed E-state index contributed by atoms with van der Waals surface area (Å²) in [5.41, 5.74) is 2.86. The molecule has 1 saturated heterocycles. The number of anilines is 1. The third-order valence-electron chi connectivity index (χ3n) is 4.52. The van der Waals surface area contributed by atoms with Crippen LogP contribution in [0.2, 0.25) is 0 Å². The second-order valence-electron chi connectivity index (χ2n) is 6.52. The van der Waals surface area contributed by atoms with Crippen molar-refractivity contribution in [2.75, 3.05) is 38.5 Å². The Labute approximate surface area is 134 Å². The van der Waals surface area contributed by atoms with Gasteiger partial charge in [0.1, 0.15) is 0 Å². The Hall–Kier alpha value is -1.55. The summed E-state index contributed by atoms with van der Waals surface area (Å²) >= 11 is 0. The molecular weight excluding hydrogens is 274 g/mol. The first-order valence-corrected chi connectivity index (χ1v) is 8.33. The van der Waals surface area contributed by atoms with E-state index in [-0.39, 0.29) is 11.9 Å². The highest BCUT2D eigenvalue weighted by molar-refractivity contribution is 5.96. The van der Waals surface area contributed by atoms with Gasteiger partial charge in [-0.05, 0) is 64.4 Å². The second kappa shape index (κ2) is 7.63. The molecule has 0 bridgehead atoms. The number of hydrogen-bond donors (Lipinski definition) is 1. The number of likely N-dealkylation sites (tertiary alicyclic amines) is 1. The van der Waals surface area contributed by atoms with E-state index in [9.17, 15) is 4.79 Å². The molecule has 2 rings (SSSR count). The topological polar surface area (TPSA) is 35.6 Å². The van der Waals surface area contributed by atoms with Crippen molar-refractivity contribution >= 4 is 11.6 Å². The molecule has 0 aromatic heterocycles. The van der Waals surface area contributed by atoms with Crippen LogP contribution >= 0.6 is 0 Å². The number of hydrogen-bond acceptors (Lipinski definition) is 3. The molecule has 1 aliphatic heterocycles. The first-order chi connectivity index (χ1) is 10.5. The summed E-state index contributed by atoms with van der Waals surface area (Å²) in [5, 5.41) is 3.45. The monoisotopic (exact) mass is 303 g/mol. The Morgan fingerprint density at radius 3 is 2.64 bits per heavy atom. The summed E-state index contributed by atoms with van der Waals surface area (Å²) in [6, 6.07) is 6.28. The van der Waals surface area contributed by atoms with E-state index in [1.54, 1.807) is 4.90 Å². The van der Waals surface area contributed by atoms with E-state index < -0.39 is 0 Å². The van der Waals surface area contributed by atoms with Crippen molar-refractivity contribution in [2.24, 2.45) is 0 Å². The van der Waals surface area contributed by atoms with Crippen molar-refractivity contribution < 1.29 is 4.79 Å². The highest BCUT2D eigenvalue weighted by Gasteiger charge is 2.17. The van der Waals surface area contributed by atoms with Crippen LogP contribution in [0.5, 0.6) is 0 Å². The summed E-state index contributed by atoms with van der Waals surface area (Å²) < 4.78 is 0. The lowest BCUT2D eigenvalue weighted by atomic mass is 10.1. The SMILES string of the molecule is Cc1ccc(NCCN2CCCC2)cc1C(=O)N(C)C(C)C. The summed E-state index contributed by atoms with van der Waals surface area (Å²) in [5.74, 6) is 0.0932. The van der Waals surface area contributed by atoms with Crippen molar-refractivity contribution in [3.8, 4) is 0 Å². The quantitative estimate of drug-likeness (QED) is 0.877. The van der Waals surface area contributed by atoms with E-state index in [1.165, 1.54) is 25.9 Å². The Morgan fingerprint density at radius 1 is 1.32 bits per heavy atom. The van der Waals surface area contributed by atoms with E-state index in [1.807, 2.05) is 40.0 Å². The maximum absolute atomic E-state index is 12.5. The molecule has 122 valence electrons.